The summed E-state index contributed by atoms with van der Waals surface area (Å²) in [5, 5.41) is 3.02. The molecule has 0 saturated heterocycles. The predicted molar refractivity (Wildman–Crippen MR) is 46.1 cm³/mol. The Morgan fingerprint density at radius 1 is 1.50 bits per heavy atom. The van der Waals surface area contributed by atoms with Crippen molar-refractivity contribution in [2.24, 2.45) is 0 Å². The van der Waals surface area contributed by atoms with Crippen molar-refractivity contribution in [3.63, 3.8) is 0 Å². The molecule has 0 heterocycles. The lowest BCUT2D eigenvalue weighted by Gasteiger charge is -2.08. The van der Waals surface area contributed by atoms with Gasteiger partial charge >= 0.3 is 6.16 Å². The largest absolute Gasteiger partial charge is 0.508 e. The summed E-state index contributed by atoms with van der Waals surface area (Å²) in [6.07, 6.45) is -0.709. The van der Waals surface area contributed by atoms with Crippen LogP contribution in [-0.4, -0.2) is 32.0 Å². The molecule has 0 aliphatic rings. The Balaban J connectivity index is 3.20. The number of carbonyl (C=O) groups excluding carboxylic acids is 1. The molecule has 0 rings (SSSR count). The molecule has 0 aromatic rings. The van der Waals surface area contributed by atoms with Crippen molar-refractivity contribution in [1.29, 1.82) is 0 Å². The molecule has 0 radical (unpaired) electrons. The first-order valence-electron chi connectivity index (χ1n) is 4.21. The maximum atomic E-state index is 10.7. The fourth-order valence-electron chi connectivity index (χ4n) is 0.610. The molecule has 0 aromatic heterocycles. The zero-order valence-corrected chi connectivity index (χ0v) is 7.92. The van der Waals surface area contributed by atoms with E-state index >= 15 is 0 Å². The molecule has 0 unspecified atom stereocenters. The van der Waals surface area contributed by atoms with Crippen molar-refractivity contribution >= 4 is 6.16 Å². The molecule has 0 aliphatic carbocycles. The highest BCUT2D eigenvalue weighted by Crippen LogP contribution is 1.91. The molecule has 12 heavy (non-hydrogen) atoms. The molecular weight excluding hydrogens is 158 g/mol. The van der Waals surface area contributed by atoms with E-state index in [-0.39, 0.29) is 6.10 Å². The van der Waals surface area contributed by atoms with Gasteiger partial charge in [0.25, 0.3) is 0 Å². The van der Waals surface area contributed by atoms with Crippen molar-refractivity contribution in [3.8, 4) is 0 Å². The highest BCUT2D eigenvalue weighted by Gasteiger charge is 2.04. The first kappa shape index (κ1) is 11.2. The second-order valence-electron chi connectivity index (χ2n) is 2.62. The van der Waals surface area contributed by atoms with Crippen LogP contribution in [0, 0.1) is 0 Å². The second kappa shape index (κ2) is 6.91. The number of ether oxygens (including phenoxy) is 2. The van der Waals surface area contributed by atoms with Crippen LogP contribution in [0.4, 0.5) is 4.79 Å². The maximum Gasteiger partial charge on any atom is 0.508 e. The Hall–Kier alpha value is -0.770. The molecule has 0 atom stereocenters. The highest BCUT2D eigenvalue weighted by atomic mass is 16.7. The third kappa shape index (κ3) is 7.34. The van der Waals surface area contributed by atoms with E-state index < -0.39 is 6.16 Å². The van der Waals surface area contributed by atoms with Crippen LogP contribution in [-0.2, 0) is 9.47 Å². The monoisotopic (exact) mass is 175 g/mol. The predicted octanol–water partition coefficient (Wildman–Crippen LogP) is 1.16. The molecule has 72 valence electrons. The van der Waals surface area contributed by atoms with Gasteiger partial charge < -0.3 is 14.8 Å². The fraction of sp³-hybridized carbons (Fsp3) is 0.875. The van der Waals surface area contributed by atoms with Crippen molar-refractivity contribution in [3.05, 3.63) is 0 Å². The number of hydrogen-bond donors (Lipinski definition) is 1. The van der Waals surface area contributed by atoms with E-state index in [2.05, 4.69) is 5.32 Å². The third-order valence-corrected chi connectivity index (χ3v) is 1.08. The summed E-state index contributed by atoms with van der Waals surface area (Å²) < 4.78 is 9.47. The zero-order valence-electron chi connectivity index (χ0n) is 7.92. The fourth-order valence-corrected chi connectivity index (χ4v) is 0.610. The van der Waals surface area contributed by atoms with Crippen LogP contribution in [0.1, 0.15) is 20.8 Å². The molecule has 0 fully saturated rings. The van der Waals surface area contributed by atoms with E-state index in [0.29, 0.717) is 13.2 Å². The van der Waals surface area contributed by atoms with E-state index in [0.717, 1.165) is 6.54 Å². The summed E-state index contributed by atoms with van der Waals surface area (Å²) in [4.78, 5) is 10.7. The van der Waals surface area contributed by atoms with Crippen LogP contribution < -0.4 is 5.32 Å². The second-order valence-corrected chi connectivity index (χ2v) is 2.62. The number of rotatable bonds is 5. The van der Waals surface area contributed by atoms with Gasteiger partial charge in [-0.25, -0.2) is 4.79 Å². The minimum Gasteiger partial charge on any atom is -0.433 e. The number of likely N-dealkylation sites (N-methyl/N-ethyl adjacent to an activating group) is 1. The SMILES string of the molecule is CCNCCOC(=O)OC(C)C. The molecule has 0 aromatic carbocycles. The van der Waals surface area contributed by atoms with Crippen molar-refractivity contribution in [2.75, 3.05) is 19.7 Å². The van der Waals surface area contributed by atoms with Crippen molar-refractivity contribution in [1.82, 2.24) is 5.32 Å². The normalized spacial score (nSPS) is 10.0. The summed E-state index contributed by atoms with van der Waals surface area (Å²) in [5.74, 6) is 0. The van der Waals surface area contributed by atoms with Crippen LogP contribution in [0.15, 0.2) is 0 Å². The van der Waals surface area contributed by atoms with E-state index in [9.17, 15) is 4.79 Å². The van der Waals surface area contributed by atoms with Gasteiger partial charge in [-0.1, -0.05) is 6.92 Å². The smallest absolute Gasteiger partial charge is 0.433 e. The van der Waals surface area contributed by atoms with Gasteiger partial charge in [0.05, 0.1) is 6.10 Å². The number of carbonyl (C=O) groups is 1. The minimum absolute atomic E-state index is 0.114. The van der Waals surface area contributed by atoms with E-state index in [1.54, 1.807) is 13.8 Å². The number of hydrogen-bond acceptors (Lipinski definition) is 4. The molecule has 0 aliphatic heterocycles. The Bertz CT molecular complexity index is 125. The Labute approximate surface area is 73.2 Å². The third-order valence-electron chi connectivity index (χ3n) is 1.08. The average Bonchev–Trinajstić information content (AvgIpc) is 1.97. The molecular formula is C8H17NO3. The van der Waals surface area contributed by atoms with Gasteiger partial charge in [0.1, 0.15) is 6.61 Å². The minimum atomic E-state index is -0.595. The maximum absolute atomic E-state index is 10.7. The van der Waals surface area contributed by atoms with E-state index in [1.165, 1.54) is 0 Å². The van der Waals surface area contributed by atoms with E-state index in [1.807, 2.05) is 6.92 Å². The summed E-state index contributed by atoms with van der Waals surface area (Å²) >= 11 is 0. The summed E-state index contributed by atoms with van der Waals surface area (Å²) in [6.45, 7) is 7.47. The molecule has 1 N–H and O–H groups in total. The Morgan fingerprint density at radius 2 is 2.17 bits per heavy atom. The van der Waals surface area contributed by atoms with Crippen LogP contribution in [0.25, 0.3) is 0 Å². The highest BCUT2D eigenvalue weighted by molar-refractivity contribution is 5.59. The first-order chi connectivity index (χ1) is 5.66. The van der Waals surface area contributed by atoms with Gasteiger partial charge in [0, 0.05) is 6.54 Å². The van der Waals surface area contributed by atoms with Gasteiger partial charge in [-0.3, -0.25) is 0 Å². The summed E-state index contributed by atoms with van der Waals surface area (Å²) in [6, 6.07) is 0. The van der Waals surface area contributed by atoms with Crippen LogP contribution in [0.5, 0.6) is 0 Å². The molecule has 0 bridgehead atoms. The Kier molecular flexibility index (Phi) is 6.47. The van der Waals surface area contributed by atoms with Gasteiger partial charge in [-0.2, -0.15) is 0 Å². The quantitative estimate of drug-likeness (QED) is 0.503. The van der Waals surface area contributed by atoms with E-state index in [4.69, 9.17) is 9.47 Å². The summed E-state index contributed by atoms with van der Waals surface area (Å²) in [5.41, 5.74) is 0. The molecule has 0 saturated carbocycles. The molecule has 0 amide bonds. The summed E-state index contributed by atoms with van der Waals surface area (Å²) in [7, 11) is 0. The standard InChI is InChI=1S/C8H17NO3/c1-4-9-5-6-11-8(10)12-7(2)3/h7,9H,4-6H2,1-3H3. The molecule has 4 nitrogen and oxygen atoms in total. The van der Waals surface area contributed by atoms with Gasteiger partial charge in [-0.15, -0.1) is 0 Å². The van der Waals surface area contributed by atoms with Gasteiger partial charge in [-0.05, 0) is 20.4 Å². The van der Waals surface area contributed by atoms with Gasteiger partial charge in [0.2, 0.25) is 0 Å². The lowest BCUT2D eigenvalue weighted by molar-refractivity contribution is 0.0353. The average molecular weight is 175 g/mol. The lowest BCUT2D eigenvalue weighted by Crippen LogP contribution is -2.22. The van der Waals surface area contributed by atoms with Crippen molar-refractivity contribution in [2.45, 2.75) is 26.9 Å². The number of nitrogens with one attached hydrogen (secondary N) is 1. The van der Waals surface area contributed by atoms with Crippen LogP contribution >= 0.6 is 0 Å². The van der Waals surface area contributed by atoms with Crippen LogP contribution in [0.3, 0.4) is 0 Å². The Morgan fingerprint density at radius 3 is 2.67 bits per heavy atom. The topological polar surface area (TPSA) is 47.6 Å². The van der Waals surface area contributed by atoms with Gasteiger partial charge in [0.15, 0.2) is 0 Å². The molecule has 0 spiro atoms. The lowest BCUT2D eigenvalue weighted by atomic mass is 10.5. The van der Waals surface area contributed by atoms with Crippen LogP contribution in [0.2, 0.25) is 0 Å². The van der Waals surface area contributed by atoms with Crippen molar-refractivity contribution < 1.29 is 14.3 Å². The first-order valence-corrected chi connectivity index (χ1v) is 4.21. The zero-order chi connectivity index (χ0) is 9.40. The molecule has 4 heteroatoms.